The van der Waals surface area contributed by atoms with Gasteiger partial charge >= 0.3 is 0 Å². The van der Waals surface area contributed by atoms with Crippen LogP contribution >= 0.6 is 0 Å². The molecule has 0 unspecified atom stereocenters. The molecule has 0 bridgehead atoms. The topological polar surface area (TPSA) is 80.7 Å². The Kier molecular flexibility index (Phi) is 10.2. The number of carbonyl (C=O) groups excluding carboxylic acids is 2. The van der Waals surface area contributed by atoms with Crippen LogP contribution in [0.5, 0.6) is 0 Å². The minimum Gasteiger partial charge on any atom is -0.399 e. The van der Waals surface area contributed by atoms with Crippen LogP contribution in [0.4, 0.5) is 11.4 Å². The Morgan fingerprint density at radius 2 is 0.913 bits per heavy atom. The first-order chi connectivity index (χ1) is 22.6. The molecular weight excluding hydrogens is 578 g/mol. The first kappa shape index (κ1) is 31.2. The number of ketones is 2. The summed E-state index contributed by atoms with van der Waals surface area (Å²) in [5, 5.41) is 4.29. The maximum Gasteiger partial charge on any atom is 0.167 e. The van der Waals surface area contributed by atoms with Crippen molar-refractivity contribution in [3.05, 3.63) is 130 Å². The Balaban J connectivity index is 1.06. The standard InChI is InChI=1S/C38H39N3O5/c1-44-39-38(32-6-2-28(3-7-32)26-36(42)30-10-14-34(15-11-30)40-18-22-45-23-19-40)33-8-4-29(5-9-33)27-37(43)31-12-16-35(17-13-31)41-20-24-46-25-21-41/h2-17H,18-27H2,1H3. The summed E-state index contributed by atoms with van der Waals surface area (Å²) >= 11 is 0. The number of Topliss-reactive ketones (excluding diaryl/α,β-unsaturated/α-hetero) is 2. The van der Waals surface area contributed by atoms with E-state index in [4.69, 9.17) is 14.3 Å². The zero-order chi connectivity index (χ0) is 31.7. The van der Waals surface area contributed by atoms with Crippen LogP contribution in [-0.4, -0.2) is 77.0 Å². The fourth-order valence-corrected chi connectivity index (χ4v) is 5.86. The second kappa shape index (κ2) is 15.0. The van der Waals surface area contributed by atoms with E-state index in [1.165, 1.54) is 7.11 Å². The molecule has 0 atom stereocenters. The Morgan fingerprint density at radius 1 is 0.565 bits per heavy atom. The Labute approximate surface area is 270 Å². The van der Waals surface area contributed by atoms with Crippen LogP contribution in [0.2, 0.25) is 0 Å². The van der Waals surface area contributed by atoms with E-state index < -0.39 is 0 Å². The molecule has 2 heterocycles. The molecule has 0 radical (unpaired) electrons. The van der Waals surface area contributed by atoms with Gasteiger partial charge in [0.05, 0.1) is 26.4 Å². The van der Waals surface area contributed by atoms with E-state index >= 15 is 0 Å². The van der Waals surface area contributed by atoms with Crippen molar-refractivity contribution < 1.29 is 23.9 Å². The molecule has 236 valence electrons. The van der Waals surface area contributed by atoms with Gasteiger partial charge < -0.3 is 24.1 Å². The molecule has 6 rings (SSSR count). The molecule has 0 N–H and O–H groups in total. The van der Waals surface area contributed by atoms with Gasteiger partial charge in [0.2, 0.25) is 0 Å². The fourth-order valence-electron chi connectivity index (χ4n) is 5.86. The van der Waals surface area contributed by atoms with Gasteiger partial charge in [0, 0.05) is 72.6 Å². The molecule has 2 aliphatic heterocycles. The zero-order valence-electron chi connectivity index (χ0n) is 26.2. The molecule has 46 heavy (non-hydrogen) atoms. The number of oxime groups is 1. The zero-order valence-corrected chi connectivity index (χ0v) is 26.2. The summed E-state index contributed by atoms with van der Waals surface area (Å²) in [7, 11) is 1.52. The molecular formula is C38H39N3O5. The third kappa shape index (κ3) is 7.70. The molecule has 2 aliphatic rings. The number of rotatable bonds is 11. The van der Waals surface area contributed by atoms with E-state index in [0.29, 0.717) is 29.7 Å². The van der Waals surface area contributed by atoms with Crippen LogP contribution in [0.3, 0.4) is 0 Å². The lowest BCUT2D eigenvalue weighted by Crippen LogP contribution is -2.36. The smallest absolute Gasteiger partial charge is 0.167 e. The number of carbonyl (C=O) groups is 2. The molecule has 4 aromatic carbocycles. The van der Waals surface area contributed by atoms with Gasteiger partial charge in [-0.25, -0.2) is 0 Å². The van der Waals surface area contributed by atoms with Crippen molar-refractivity contribution in [1.82, 2.24) is 0 Å². The second-order valence-electron chi connectivity index (χ2n) is 11.5. The predicted molar refractivity (Wildman–Crippen MR) is 181 cm³/mol. The molecule has 4 aromatic rings. The molecule has 2 saturated heterocycles. The third-order valence-corrected chi connectivity index (χ3v) is 8.50. The summed E-state index contributed by atoms with van der Waals surface area (Å²) < 4.78 is 10.9. The summed E-state index contributed by atoms with van der Waals surface area (Å²) in [5.74, 6) is 0.149. The number of anilines is 2. The summed E-state index contributed by atoms with van der Waals surface area (Å²) in [6, 6.07) is 31.3. The highest BCUT2D eigenvalue weighted by atomic mass is 16.6. The van der Waals surface area contributed by atoms with Gasteiger partial charge in [-0.2, -0.15) is 0 Å². The molecule has 0 saturated carbocycles. The minimum atomic E-state index is 0.0743. The molecule has 8 nitrogen and oxygen atoms in total. The van der Waals surface area contributed by atoms with Gasteiger partial charge in [0.1, 0.15) is 12.8 Å². The van der Waals surface area contributed by atoms with Gasteiger partial charge in [-0.1, -0.05) is 53.7 Å². The lowest BCUT2D eigenvalue weighted by molar-refractivity contribution is 0.0984. The number of benzene rings is 4. The van der Waals surface area contributed by atoms with Gasteiger partial charge in [-0.3, -0.25) is 9.59 Å². The average molecular weight is 618 g/mol. The van der Waals surface area contributed by atoms with Crippen molar-refractivity contribution in [3.63, 3.8) is 0 Å². The van der Waals surface area contributed by atoms with Gasteiger partial charge in [0.15, 0.2) is 11.6 Å². The van der Waals surface area contributed by atoms with E-state index in [0.717, 1.165) is 86.2 Å². The lowest BCUT2D eigenvalue weighted by atomic mass is 9.96. The molecule has 0 amide bonds. The van der Waals surface area contributed by atoms with Crippen LogP contribution < -0.4 is 9.80 Å². The van der Waals surface area contributed by atoms with Crippen LogP contribution in [0.15, 0.2) is 102 Å². The first-order valence-corrected chi connectivity index (χ1v) is 15.8. The van der Waals surface area contributed by atoms with Crippen molar-refractivity contribution in [1.29, 1.82) is 0 Å². The monoisotopic (exact) mass is 617 g/mol. The van der Waals surface area contributed by atoms with Crippen LogP contribution in [0, 0.1) is 0 Å². The maximum absolute atomic E-state index is 13.0. The number of morpholine rings is 2. The largest absolute Gasteiger partial charge is 0.399 e. The summed E-state index contributed by atoms with van der Waals surface area (Å²) in [6.07, 6.45) is 0.624. The number of nitrogens with zero attached hydrogens (tertiary/aromatic N) is 3. The maximum atomic E-state index is 13.0. The van der Waals surface area contributed by atoms with Crippen molar-refractivity contribution in [2.24, 2.45) is 5.16 Å². The van der Waals surface area contributed by atoms with Crippen LogP contribution in [-0.2, 0) is 27.2 Å². The van der Waals surface area contributed by atoms with E-state index in [1.807, 2.05) is 97.1 Å². The Bertz CT molecular complexity index is 1520. The fraction of sp³-hybridized carbons (Fsp3) is 0.289. The molecule has 0 spiro atoms. The summed E-state index contributed by atoms with van der Waals surface area (Å²) in [6.45, 7) is 6.37. The van der Waals surface area contributed by atoms with Crippen molar-refractivity contribution in [2.45, 2.75) is 12.8 Å². The number of hydrogen-bond donors (Lipinski definition) is 0. The highest BCUT2D eigenvalue weighted by molar-refractivity contribution is 6.12. The Hall–Kier alpha value is -4.79. The highest BCUT2D eigenvalue weighted by Crippen LogP contribution is 2.21. The Morgan fingerprint density at radius 3 is 1.26 bits per heavy atom. The SMILES string of the molecule is CON=C(c1ccc(CC(=O)c2ccc(N3CCOCC3)cc2)cc1)c1ccc(CC(=O)c2ccc(N3CCOCC3)cc2)cc1. The van der Waals surface area contributed by atoms with Gasteiger partial charge in [-0.15, -0.1) is 0 Å². The van der Waals surface area contributed by atoms with Crippen molar-refractivity contribution in [3.8, 4) is 0 Å². The van der Waals surface area contributed by atoms with Gasteiger partial charge in [0.25, 0.3) is 0 Å². The quantitative estimate of drug-likeness (QED) is 0.123. The van der Waals surface area contributed by atoms with E-state index in [1.54, 1.807) is 0 Å². The lowest BCUT2D eigenvalue weighted by Gasteiger charge is -2.28. The van der Waals surface area contributed by atoms with Crippen LogP contribution in [0.25, 0.3) is 0 Å². The molecule has 8 heteroatoms. The van der Waals surface area contributed by atoms with E-state index in [2.05, 4.69) is 15.0 Å². The third-order valence-electron chi connectivity index (χ3n) is 8.50. The molecule has 2 fully saturated rings. The predicted octanol–water partition coefficient (Wildman–Crippen LogP) is 5.61. The van der Waals surface area contributed by atoms with Crippen LogP contribution in [0.1, 0.15) is 43.0 Å². The first-order valence-electron chi connectivity index (χ1n) is 15.8. The van der Waals surface area contributed by atoms with E-state index in [9.17, 15) is 9.59 Å². The average Bonchev–Trinajstić information content (AvgIpc) is 3.12. The highest BCUT2D eigenvalue weighted by Gasteiger charge is 2.16. The normalized spacial score (nSPS) is 14.9. The second-order valence-corrected chi connectivity index (χ2v) is 11.5. The van der Waals surface area contributed by atoms with Gasteiger partial charge in [-0.05, 0) is 59.7 Å². The van der Waals surface area contributed by atoms with Crippen molar-refractivity contribution >= 4 is 28.7 Å². The molecule has 0 aromatic heterocycles. The summed E-state index contributed by atoms with van der Waals surface area (Å²) in [5.41, 5.74) is 7.90. The minimum absolute atomic E-state index is 0.0743. The number of ether oxygens (including phenoxy) is 2. The summed E-state index contributed by atoms with van der Waals surface area (Å²) in [4.78, 5) is 35.8. The number of hydrogen-bond acceptors (Lipinski definition) is 8. The van der Waals surface area contributed by atoms with Crippen molar-refractivity contribution in [2.75, 3.05) is 69.5 Å². The van der Waals surface area contributed by atoms with E-state index in [-0.39, 0.29) is 11.6 Å². The molecule has 0 aliphatic carbocycles.